The molecule has 0 atom stereocenters. The van der Waals surface area contributed by atoms with Crippen LogP contribution in [-0.2, 0) is 0 Å². The number of aromatic nitrogens is 2. The van der Waals surface area contributed by atoms with Gasteiger partial charge in [-0.15, -0.1) is 0 Å². The van der Waals surface area contributed by atoms with Crippen molar-refractivity contribution >= 4 is 29.2 Å². The van der Waals surface area contributed by atoms with Crippen LogP contribution in [0.4, 0.5) is 5.69 Å². The van der Waals surface area contributed by atoms with Gasteiger partial charge in [-0.3, -0.25) is 9.78 Å². The topological polar surface area (TPSA) is 92.2 Å². The third kappa shape index (κ3) is 2.92. The van der Waals surface area contributed by atoms with E-state index in [0.717, 1.165) is 0 Å². The highest BCUT2D eigenvalue weighted by molar-refractivity contribution is 6.29. The first-order chi connectivity index (χ1) is 9.49. The molecule has 0 saturated heterocycles. The van der Waals surface area contributed by atoms with E-state index in [4.69, 9.17) is 11.6 Å². The molecule has 0 aliphatic rings. The number of halogens is 1. The number of nitrogens with one attached hydrogen (secondary N) is 1. The van der Waals surface area contributed by atoms with Crippen molar-refractivity contribution in [2.24, 2.45) is 0 Å². The van der Waals surface area contributed by atoms with Crippen molar-refractivity contribution in [3.05, 3.63) is 52.6 Å². The van der Waals surface area contributed by atoms with Crippen LogP contribution in [0.5, 0.6) is 0 Å². The third-order valence-corrected chi connectivity index (χ3v) is 2.75. The quantitative estimate of drug-likeness (QED) is 0.906. The molecule has 2 N–H and O–H groups in total. The molecule has 0 spiro atoms. The summed E-state index contributed by atoms with van der Waals surface area (Å²) in [6, 6.07) is 4.81. The van der Waals surface area contributed by atoms with E-state index in [1.807, 2.05) is 0 Å². The van der Waals surface area contributed by atoms with E-state index >= 15 is 0 Å². The lowest BCUT2D eigenvalue weighted by Gasteiger charge is -2.10. The van der Waals surface area contributed by atoms with E-state index in [-0.39, 0.29) is 22.1 Å². The number of aromatic carboxylic acids is 1. The number of anilines is 1. The molecule has 0 fully saturated rings. The van der Waals surface area contributed by atoms with E-state index in [0.29, 0.717) is 5.56 Å². The van der Waals surface area contributed by atoms with Crippen molar-refractivity contribution in [3.8, 4) is 0 Å². The zero-order valence-corrected chi connectivity index (χ0v) is 11.2. The van der Waals surface area contributed by atoms with Gasteiger partial charge in [-0.1, -0.05) is 23.7 Å². The fourth-order valence-corrected chi connectivity index (χ4v) is 1.84. The molecular weight excluding hydrogens is 282 g/mol. The second-order valence-corrected chi connectivity index (χ2v) is 4.37. The zero-order chi connectivity index (χ0) is 14.7. The Bertz CT molecular complexity index is 688. The van der Waals surface area contributed by atoms with E-state index in [2.05, 4.69) is 15.3 Å². The molecule has 0 saturated carbocycles. The van der Waals surface area contributed by atoms with E-state index in [1.54, 1.807) is 19.1 Å². The summed E-state index contributed by atoms with van der Waals surface area (Å²) >= 11 is 5.65. The minimum atomic E-state index is -1.12. The molecule has 20 heavy (non-hydrogen) atoms. The Morgan fingerprint density at radius 3 is 2.70 bits per heavy atom. The molecule has 2 rings (SSSR count). The standard InChI is InChI=1S/C13H10ClN3O3/c1-7-3-2-4-8(11(7)13(19)20)17-12(18)9-5-15-6-10(14)16-9/h2-6H,1H3,(H,17,18)(H,19,20). The van der Waals surface area contributed by atoms with E-state index in [1.165, 1.54) is 18.5 Å². The number of carbonyl (C=O) groups excluding carboxylic acids is 1. The summed E-state index contributed by atoms with van der Waals surface area (Å²) in [5.74, 6) is -1.69. The number of hydrogen-bond acceptors (Lipinski definition) is 4. The molecule has 1 amide bonds. The predicted octanol–water partition coefficient (Wildman–Crippen LogP) is 2.39. The van der Waals surface area contributed by atoms with Gasteiger partial charge in [-0.25, -0.2) is 9.78 Å². The molecule has 6 nitrogen and oxygen atoms in total. The third-order valence-electron chi connectivity index (χ3n) is 2.57. The maximum absolute atomic E-state index is 12.0. The van der Waals surface area contributed by atoms with Crippen molar-refractivity contribution in [2.75, 3.05) is 5.32 Å². The summed E-state index contributed by atoms with van der Waals surface area (Å²) in [6.07, 6.45) is 2.55. The number of carbonyl (C=O) groups is 2. The Kier molecular flexibility index (Phi) is 3.95. The number of nitrogens with zero attached hydrogens (tertiary/aromatic N) is 2. The maximum Gasteiger partial charge on any atom is 0.338 e. The van der Waals surface area contributed by atoms with Crippen molar-refractivity contribution in [1.82, 2.24) is 9.97 Å². The Morgan fingerprint density at radius 1 is 1.30 bits per heavy atom. The van der Waals surface area contributed by atoms with Gasteiger partial charge < -0.3 is 10.4 Å². The normalized spacial score (nSPS) is 10.1. The Hall–Kier alpha value is -2.47. The average Bonchev–Trinajstić information content (AvgIpc) is 2.38. The zero-order valence-electron chi connectivity index (χ0n) is 10.4. The van der Waals surface area contributed by atoms with Crippen LogP contribution >= 0.6 is 11.6 Å². The van der Waals surface area contributed by atoms with Crippen LogP contribution in [0.25, 0.3) is 0 Å². The minimum absolute atomic E-state index is 0.00958. The molecule has 1 aromatic heterocycles. The monoisotopic (exact) mass is 291 g/mol. The molecule has 0 aliphatic heterocycles. The van der Waals surface area contributed by atoms with Gasteiger partial charge >= 0.3 is 5.97 Å². The van der Waals surface area contributed by atoms with Gasteiger partial charge in [0.2, 0.25) is 0 Å². The second kappa shape index (κ2) is 5.66. The van der Waals surface area contributed by atoms with Gasteiger partial charge in [-0.2, -0.15) is 0 Å². The highest BCUT2D eigenvalue weighted by atomic mass is 35.5. The summed E-state index contributed by atoms with van der Waals surface area (Å²) in [7, 11) is 0. The fraction of sp³-hybridized carbons (Fsp3) is 0.0769. The lowest BCUT2D eigenvalue weighted by molar-refractivity contribution is 0.0697. The maximum atomic E-state index is 12.0. The first-order valence-corrected chi connectivity index (χ1v) is 5.98. The first kappa shape index (κ1) is 14.0. The van der Waals surface area contributed by atoms with Gasteiger partial charge in [0.15, 0.2) is 0 Å². The minimum Gasteiger partial charge on any atom is -0.478 e. The highest BCUT2D eigenvalue weighted by Gasteiger charge is 2.16. The summed E-state index contributed by atoms with van der Waals surface area (Å²) in [4.78, 5) is 30.8. The predicted molar refractivity (Wildman–Crippen MR) is 73.1 cm³/mol. The SMILES string of the molecule is Cc1cccc(NC(=O)c2cncc(Cl)n2)c1C(=O)O. The summed E-state index contributed by atoms with van der Waals surface area (Å²) < 4.78 is 0. The van der Waals surface area contributed by atoms with Crippen molar-refractivity contribution < 1.29 is 14.7 Å². The lowest BCUT2D eigenvalue weighted by atomic mass is 10.1. The lowest BCUT2D eigenvalue weighted by Crippen LogP contribution is -2.17. The molecule has 2 aromatic rings. The van der Waals surface area contributed by atoms with Crippen LogP contribution in [0.1, 0.15) is 26.4 Å². The molecule has 0 aliphatic carbocycles. The molecule has 0 unspecified atom stereocenters. The van der Waals surface area contributed by atoms with Gasteiger partial charge in [-0.05, 0) is 18.6 Å². The second-order valence-electron chi connectivity index (χ2n) is 3.98. The van der Waals surface area contributed by atoms with Crippen molar-refractivity contribution in [2.45, 2.75) is 6.92 Å². The molecule has 1 aromatic carbocycles. The number of amides is 1. The van der Waals surface area contributed by atoms with Gasteiger partial charge in [0.1, 0.15) is 10.8 Å². The molecular formula is C13H10ClN3O3. The average molecular weight is 292 g/mol. The van der Waals surface area contributed by atoms with E-state index in [9.17, 15) is 14.7 Å². The molecule has 7 heteroatoms. The number of carboxylic acids is 1. The highest BCUT2D eigenvalue weighted by Crippen LogP contribution is 2.20. The molecule has 0 bridgehead atoms. The molecule has 1 heterocycles. The van der Waals surface area contributed by atoms with Crippen LogP contribution in [0.3, 0.4) is 0 Å². The smallest absolute Gasteiger partial charge is 0.338 e. The van der Waals surface area contributed by atoms with E-state index < -0.39 is 11.9 Å². The fourth-order valence-electron chi connectivity index (χ4n) is 1.69. The summed E-state index contributed by atoms with van der Waals surface area (Å²) in [5, 5.41) is 11.8. The number of rotatable bonds is 3. The van der Waals surface area contributed by atoms with Crippen LogP contribution in [0.2, 0.25) is 5.15 Å². The number of aryl methyl sites for hydroxylation is 1. The number of hydrogen-bond donors (Lipinski definition) is 2. The summed E-state index contributed by atoms with van der Waals surface area (Å²) in [6.45, 7) is 1.65. The van der Waals surface area contributed by atoms with Gasteiger partial charge in [0.25, 0.3) is 5.91 Å². The van der Waals surface area contributed by atoms with Gasteiger partial charge in [0, 0.05) is 0 Å². The van der Waals surface area contributed by atoms with Crippen LogP contribution in [0.15, 0.2) is 30.6 Å². The van der Waals surface area contributed by atoms with Crippen LogP contribution < -0.4 is 5.32 Å². The molecule has 102 valence electrons. The van der Waals surface area contributed by atoms with Crippen LogP contribution in [-0.4, -0.2) is 27.0 Å². The Balaban J connectivity index is 2.33. The largest absolute Gasteiger partial charge is 0.478 e. The first-order valence-electron chi connectivity index (χ1n) is 5.61. The number of benzene rings is 1. The Morgan fingerprint density at radius 2 is 2.05 bits per heavy atom. The van der Waals surface area contributed by atoms with Gasteiger partial charge in [0.05, 0.1) is 23.6 Å². The number of carboxylic acid groups (broad SMARTS) is 1. The Labute approximate surface area is 119 Å². The van der Waals surface area contributed by atoms with Crippen molar-refractivity contribution in [3.63, 3.8) is 0 Å². The van der Waals surface area contributed by atoms with Crippen molar-refractivity contribution in [1.29, 1.82) is 0 Å². The molecule has 0 radical (unpaired) electrons. The van der Waals surface area contributed by atoms with Crippen LogP contribution in [0, 0.1) is 6.92 Å². The summed E-state index contributed by atoms with van der Waals surface area (Å²) in [5.41, 5.74) is 0.794.